The number of nitrogens with one attached hydrogen (secondary N) is 1. The van der Waals surface area contributed by atoms with E-state index in [2.05, 4.69) is 27.7 Å². The van der Waals surface area contributed by atoms with Crippen LogP contribution in [0.1, 0.15) is 23.3 Å². The fourth-order valence-corrected chi connectivity index (χ4v) is 3.45. The molecule has 0 radical (unpaired) electrons. The zero-order valence-corrected chi connectivity index (χ0v) is 14.2. The number of thiocarbonyl (C=S) groups is 1. The summed E-state index contributed by atoms with van der Waals surface area (Å²) in [5.41, 5.74) is 2.03. The van der Waals surface area contributed by atoms with Crippen molar-refractivity contribution in [3.63, 3.8) is 0 Å². The molecule has 0 spiro atoms. The Kier molecular flexibility index (Phi) is 4.48. The molecule has 1 fully saturated rings. The second-order valence-corrected chi connectivity index (χ2v) is 7.11. The van der Waals surface area contributed by atoms with Gasteiger partial charge in [0.15, 0.2) is 5.11 Å². The smallest absolute Gasteiger partial charge is 0.174 e. The van der Waals surface area contributed by atoms with E-state index in [1.165, 1.54) is 17.7 Å². The van der Waals surface area contributed by atoms with Crippen LogP contribution in [0.25, 0.3) is 0 Å². The Morgan fingerprint density at radius 2 is 2.19 bits per heavy atom. The number of thiophene rings is 1. The van der Waals surface area contributed by atoms with Crippen molar-refractivity contribution >= 4 is 46.0 Å². The molecule has 1 aromatic carbocycles. The molecule has 0 aliphatic heterocycles. The standard InChI is InChI=1S/C16H17ClN2S2/c1-11-14(17)5-2-6-15(11)18-16(20)19(12-7-8-12)10-13-4-3-9-21-13/h2-6,9,12H,7-8,10H2,1H3,(H,18,20). The molecule has 1 aliphatic rings. The molecule has 5 heteroatoms. The van der Waals surface area contributed by atoms with Gasteiger partial charge in [-0.15, -0.1) is 11.3 Å². The van der Waals surface area contributed by atoms with Crippen LogP contribution in [0.3, 0.4) is 0 Å². The lowest BCUT2D eigenvalue weighted by atomic mass is 10.2. The van der Waals surface area contributed by atoms with Gasteiger partial charge in [0.2, 0.25) is 0 Å². The first-order valence-electron chi connectivity index (χ1n) is 7.00. The van der Waals surface area contributed by atoms with E-state index in [0.29, 0.717) is 6.04 Å². The number of hydrogen-bond donors (Lipinski definition) is 1. The first-order valence-corrected chi connectivity index (χ1v) is 8.67. The first kappa shape index (κ1) is 14.8. The van der Waals surface area contributed by atoms with Crippen LogP contribution in [0.5, 0.6) is 0 Å². The summed E-state index contributed by atoms with van der Waals surface area (Å²) < 4.78 is 0. The maximum atomic E-state index is 6.17. The van der Waals surface area contributed by atoms with E-state index >= 15 is 0 Å². The van der Waals surface area contributed by atoms with Gasteiger partial charge < -0.3 is 10.2 Å². The molecule has 0 amide bonds. The van der Waals surface area contributed by atoms with Crippen molar-refractivity contribution in [3.05, 3.63) is 51.2 Å². The van der Waals surface area contributed by atoms with Crippen molar-refractivity contribution < 1.29 is 0 Å². The van der Waals surface area contributed by atoms with Crippen molar-refractivity contribution in [3.8, 4) is 0 Å². The van der Waals surface area contributed by atoms with Gasteiger partial charge in [-0.25, -0.2) is 0 Å². The van der Waals surface area contributed by atoms with Gasteiger partial charge in [-0.1, -0.05) is 23.7 Å². The highest BCUT2D eigenvalue weighted by molar-refractivity contribution is 7.80. The summed E-state index contributed by atoms with van der Waals surface area (Å²) in [6.07, 6.45) is 2.45. The Morgan fingerprint density at radius 1 is 1.38 bits per heavy atom. The van der Waals surface area contributed by atoms with Crippen molar-refractivity contribution in [2.24, 2.45) is 0 Å². The average molecular weight is 337 g/mol. The van der Waals surface area contributed by atoms with E-state index in [4.69, 9.17) is 23.8 Å². The third-order valence-electron chi connectivity index (χ3n) is 3.66. The number of hydrogen-bond acceptors (Lipinski definition) is 2. The Hall–Kier alpha value is -1.10. The summed E-state index contributed by atoms with van der Waals surface area (Å²) in [5.74, 6) is 0. The first-order chi connectivity index (χ1) is 10.1. The van der Waals surface area contributed by atoms with Crippen molar-refractivity contribution in [2.45, 2.75) is 32.4 Å². The van der Waals surface area contributed by atoms with Crippen LogP contribution in [0.2, 0.25) is 5.02 Å². The number of anilines is 1. The lowest BCUT2D eigenvalue weighted by Gasteiger charge is -2.26. The third-order valence-corrected chi connectivity index (χ3v) is 5.27. The van der Waals surface area contributed by atoms with E-state index in [0.717, 1.165) is 27.9 Å². The van der Waals surface area contributed by atoms with Gasteiger partial charge >= 0.3 is 0 Å². The van der Waals surface area contributed by atoms with E-state index in [-0.39, 0.29) is 0 Å². The minimum Gasteiger partial charge on any atom is -0.341 e. The van der Waals surface area contributed by atoms with Gasteiger partial charge in [0.1, 0.15) is 0 Å². The minimum absolute atomic E-state index is 0.576. The molecule has 2 aromatic rings. The van der Waals surface area contributed by atoms with Crippen LogP contribution >= 0.6 is 35.2 Å². The fraction of sp³-hybridized carbons (Fsp3) is 0.312. The maximum absolute atomic E-state index is 6.17. The Morgan fingerprint density at radius 3 is 2.86 bits per heavy atom. The number of benzene rings is 1. The summed E-state index contributed by atoms with van der Waals surface area (Å²) in [4.78, 5) is 3.63. The molecule has 1 aromatic heterocycles. The second-order valence-electron chi connectivity index (χ2n) is 5.28. The molecule has 1 aliphatic carbocycles. The number of halogens is 1. The van der Waals surface area contributed by atoms with Crippen LogP contribution in [0, 0.1) is 6.92 Å². The number of rotatable bonds is 4. The van der Waals surface area contributed by atoms with Crippen molar-refractivity contribution in [1.82, 2.24) is 4.90 Å². The second kappa shape index (κ2) is 6.34. The van der Waals surface area contributed by atoms with Crippen LogP contribution < -0.4 is 5.32 Å². The molecule has 21 heavy (non-hydrogen) atoms. The van der Waals surface area contributed by atoms with Gasteiger partial charge in [-0.05, 0) is 61.1 Å². The highest BCUT2D eigenvalue weighted by Crippen LogP contribution is 2.31. The average Bonchev–Trinajstić information content (AvgIpc) is 3.17. The predicted molar refractivity (Wildman–Crippen MR) is 95.3 cm³/mol. The van der Waals surface area contributed by atoms with Crippen LogP contribution in [-0.2, 0) is 6.54 Å². The molecule has 1 N–H and O–H groups in total. The highest BCUT2D eigenvalue weighted by atomic mass is 35.5. The van der Waals surface area contributed by atoms with Crippen molar-refractivity contribution in [2.75, 3.05) is 5.32 Å². The molecule has 1 saturated carbocycles. The van der Waals surface area contributed by atoms with Crippen LogP contribution in [-0.4, -0.2) is 16.1 Å². The summed E-state index contributed by atoms with van der Waals surface area (Å²) in [7, 11) is 0. The maximum Gasteiger partial charge on any atom is 0.174 e. The largest absolute Gasteiger partial charge is 0.341 e. The van der Waals surface area contributed by atoms with Gasteiger partial charge in [0.25, 0.3) is 0 Å². The molecule has 110 valence electrons. The van der Waals surface area contributed by atoms with E-state index in [9.17, 15) is 0 Å². The fourth-order valence-electron chi connectivity index (χ4n) is 2.25. The Bertz CT molecular complexity index is 636. The zero-order chi connectivity index (χ0) is 14.8. The third kappa shape index (κ3) is 3.57. The topological polar surface area (TPSA) is 15.3 Å². The van der Waals surface area contributed by atoms with Gasteiger partial charge in [-0.3, -0.25) is 0 Å². The molecule has 0 saturated heterocycles. The molecule has 1 heterocycles. The Labute approximate surface area is 139 Å². The molecule has 3 rings (SSSR count). The van der Waals surface area contributed by atoms with Gasteiger partial charge in [0.05, 0.1) is 6.54 Å². The Balaban J connectivity index is 1.74. The SMILES string of the molecule is Cc1c(Cl)cccc1NC(=S)N(Cc1cccs1)C1CC1. The molecule has 2 nitrogen and oxygen atoms in total. The van der Waals surface area contributed by atoms with E-state index < -0.39 is 0 Å². The normalized spacial score (nSPS) is 14.0. The summed E-state index contributed by atoms with van der Waals surface area (Å²) in [5, 5.41) is 7.02. The minimum atomic E-state index is 0.576. The van der Waals surface area contributed by atoms with E-state index in [1.807, 2.05) is 25.1 Å². The van der Waals surface area contributed by atoms with E-state index in [1.54, 1.807) is 11.3 Å². The van der Waals surface area contributed by atoms with Crippen LogP contribution in [0.15, 0.2) is 35.7 Å². The summed E-state index contributed by atoms with van der Waals surface area (Å²) in [6, 6.07) is 10.7. The molecule has 0 unspecified atom stereocenters. The zero-order valence-electron chi connectivity index (χ0n) is 11.8. The van der Waals surface area contributed by atoms with Gasteiger partial charge in [-0.2, -0.15) is 0 Å². The molecule has 0 atom stereocenters. The predicted octanol–water partition coefficient (Wildman–Crippen LogP) is 5.07. The molecular weight excluding hydrogens is 320 g/mol. The van der Waals surface area contributed by atoms with Crippen molar-refractivity contribution in [1.29, 1.82) is 0 Å². The summed E-state index contributed by atoms with van der Waals surface area (Å²) in [6.45, 7) is 2.89. The summed E-state index contributed by atoms with van der Waals surface area (Å²) >= 11 is 13.6. The lowest BCUT2D eigenvalue weighted by Crippen LogP contribution is -2.36. The lowest BCUT2D eigenvalue weighted by molar-refractivity contribution is 0.413. The molecular formula is C16H17ClN2S2. The monoisotopic (exact) mass is 336 g/mol. The highest BCUT2D eigenvalue weighted by Gasteiger charge is 2.31. The quantitative estimate of drug-likeness (QED) is 0.784. The van der Waals surface area contributed by atoms with Gasteiger partial charge in [0, 0.05) is 21.6 Å². The van der Waals surface area contributed by atoms with Crippen LogP contribution in [0.4, 0.5) is 5.69 Å². The molecule has 0 bridgehead atoms. The number of nitrogens with zero attached hydrogens (tertiary/aromatic N) is 1.